The van der Waals surface area contributed by atoms with Crippen LogP contribution in [0.5, 0.6) is 0 Å². The Balaban J connectivity index is 1.97. The molecular weight excluding hydrogens is 300 g/mol. The molecule has 24 heavy (non-hydrogen) atoms. The van der Waals surface area contributed by atoms with Gasteiger partial charge in [-0.3, -0.25) is 0 Å². The number of carbonyl (C=O) groups is 1. The van der Waals surface area contributed by atoms with Crippen LogP contribution in [0.25, 0.3) is 0 Å². The molecule has 0 heterocycles. The summed E-state index contributed by atoms with van der Waals surface area (Å²) < 4.78 is 5.48. The maximum Gasteiger partial charge on any atom is 0.407 e. The molecule has 0 bridgehead atoms. The number of nitrogens with one attached hydrogen (secondary N) is 2. The van der Waals surface area contributed by atoms with E-state index in [1.165, 1.54) is 38.5 Å². The number of amides is 1. The molecular formula is C20H38N2O2. The molecule has 5 unspecified atom stereocenters. The molecule has 0 spiro atoms. The molecule has 2 N–H and O–H groups in total. The fraction of sp³-hybridized carbons (Fsp3) is 0.950. The second-order valence-electron chi connectivity index (χ2n) is 9.17. The van der Waals surface area contributed by atoms with Gasteiger partial charge in [-0.05, 0) is 58.3 Å². The minimum absolute atomic E-state index is 0.187. The maximum absolute atomic E-state index is 12.2. The molecule has 0 aromatic carbocycles. The average Bonchev–Trinajstić information content (AvgIpc) is 2.67. The summed E-state index contributed by atoms with van der Waals surface area (Å²) in [4.78, 5) is 12.2. The van der Waals surface area contributed by atoms with Gasteiger partial charge in [-0.1, -0.05) is 39.5 Å². The van der Waals surface area contributed by atoms with Crippen LogP contribution in [0.1, 0.15) is 86.0 Å². The minimum Gasteiger partial charge on any atom is -0.444 e. The van der Waals surface area contributed by atoms with E-state index in [0.29, 0.717) is 12.1 Å². The molecule has 4 heteroatoms. The van der Waals surface area contributed by atoms with E-state index in [1.54, 1.807) is 0 Å². The predicted octanol–water partition coefficient (Wildman–Crippen LogP) is 4.63. The quantitative estimate of drug-likeness (QED) is 0.738. The lowest BCUT2D eigenvalue weighted by molar-refractivity contribution is 0.0484. The average molecular weight is 339 g/mol. The van der Waals surface area contributed by atoms with Gasteiger partial charge in [0.05, 0.1) is 0 Å². The molecule has 2 fully saturated rings. The standard InChI is InChI=1S/C20H38N2O2/c1-14-11-12-15(2)18(13-14)21-16-9-7-6-8-10-17(16)22-19(23)24-20(3,4)5/h14-18,21H,6-13H2,1-5H3,(H,22,23). The van der Waals surface area contributed by atoms with Gasteiger partial charge in [0.1, 0.15) is 5.60 Å². The summed E-state index contributed by atoms with van der Waals surface area (Å²) in [7, 11) is 0. The molecule has 2 saturated carbocycles. The number of ether oxygens (including phenoxy) is 1. The van der Waals surface area contributed by atoms with E-state index < -0.39 is 5.60 Å². The van der Waals surface area contributed by atoms with Crippen molar-refractivity contribution in [2.75, 3.05) is 0 Å². The molecule has 2 aliphatic carbocycles. The third-order valence-corrected chi connectivity index (χ3v) is 5.60. The normalized spacial score (nSPS) is 35.1. The fourth-order valence-corrected chi connectivity index (χ4v) is 4.18. The third kappa shape index (κ3) is 6.27. The molecule has 0 aliphatic heterocycles. The van der Waals surface area contributed by atoms with Crippen LogP contribution >= 0.6 is 0 Å². The van der Waals surface area contributed by atoms with Crippen LogP contribution in [0, 0.1) is 11.8 Å². The van der Waals surface area contributed by atoms with Gasteiger partial charge in [0.15, 0.2) is 0 Å². The SMILES string of the molecule is CC1CCC(C)C(NC2CCCCCC2NC(=O)OC(C)(C)C)C1. The number of hydrogen-bond acceptors (Lipinski definition) is 3. The lowest BCUT2D eigenvalue weighted by Gasteiger charge is -2.38. The third-order valence-electron chi connectivity index (χ3n) is 5.60. The molecule has 2 rings (SSSR count). The van der Waals surface area contributed by atoms with Crippen molar-refractivity contribution in [3.8, 4) is 0 Å². The highest BCUT2D eigenvalue weighted by atomic mass is 16.6. The van der Waals surface area contributed by atoms with Crippen LogP contribution in [0.15, 0.2) is 0 Å². The lowest BCUT2D eigenvalue weighted by Crippen LogP contribution is -2.55. The highest BCUT2D eigenvalue weighted by Crippen LogP contribution is 2.30. The van der Waals surface area contributed by atoms with E-state index in [4.69, 9.17) is 4.74 Å². The van der Waals surface area contributed by atoms with E-state index in [1.807, 2.05) is 20.8 Å². The van der Waals surface area contributed by atoms with Gasteiger partial charge in [-0.15, -0.1) is 0 Å². The van der Waals surface area contributed by atoms with Gasteiger partial charge >= 0.3 is 6.09 Å². The van der Waals surface area contributed by atoms with Crippen molar-refractivity contribution >= 4 is 6.09 Å². The van der Waals surface area contributed by atoms with Crippen molar-refractivity contribution in [2.45, 2.75) is 110 Å². The first-order valence-corrected chi connectivity index (χ1v) is 10.00. The Morgan fingerprint density at radius 2 is 1.58 bits per heavy atom. The Morgan fingerprint density at radius 3 is 2.25 bits per heavy atom. The highest BCUT2D eigenvalue weighted by molar-refractivity contribution is 5.68. The largest absolute Gasteiger partial charge is 0.444 e. The molecule has 0 aromatic heterocycles. The Hall–Kier alpha value is -0.770. The van der Waals surface area contributed by atoms with Gasteiger partial charge in [0.2, 0.25) is 0 Å². The molecule has 140 valence electrons. The van der Waals surface area contributed by atoms with Gasteiger partial charge < -0.3 is 15.4 Å². The zero-order valence-electron chi connectivity index (χ0n) is 16.4. The van der Waals surface area contributed by atoms with Crippen molar-refractivity contribution in [3.05, 3.63) is 0 Å². The molecule has 2 aliphatic rings. The summed E-state index contributed by atoms with van der Waals surface area (Å²) in [5.74, 6) is 1.54. The van der Waals surface area contributed by atoms with Crippen molar-refractivity contribution in [1.82, 2.24) is 10.6 Å². The highest BCUT2D eigenvalue weighted by Gasteiger charge is 2.32. The Morgan fingerprint density at radius 1 is 0.917 bits per heavy atom. The van der Waals surface area contributed by atoms with Crippen molar-refractivity contribution in [3.63, 3.8) is 0 Å². The zero-order chi connectivity index (χ0) is 17.7. The second kappa shape index (κ2) is 8.55. The molecule has 5 atom stereocenters. The van der Waals surface area contributed by atoms with E-state index in [2.05, 4.69) is 24.5 Å². The Kier molecular flexibility index (Phi) is 6.97. The molecule has 1 amide bonds. The van der Waals surface area contributed by atoms with Crippen LogP contribution < -0.4 is 10.6 Å². The van der Waals surface area contributed by atoms with Crippen LogP contribution in [-0.2, 0) is 4.74 Å². The summed E-state index contributed by atoms with van der Waals surface area (Å²) in [6.07, 6.45) is 9.56. The van der Waals surface area contributed by atoms with E-state index in [9.17, 15) is 4.79 Å². The summed E-state index contributed by atoms with van der Waals surface area (Å²) in [5.41, 5.74) is -0.439. The van der Waals surface area contributed by atoms with Crippen LogP contribution in [0.2, 0.25) is 0 Å². The fourth-order valence-electron chi connectivity index (χ4n) is 4.18. The molecule has 0 radical (unpaired) electrons. The summed E-state index contributed by atoms with van der Waals surface area (Å²) in [5, 5.41) is 7.08. The van der Waals surface area contributed by atoms with Crippen molar-refractivity contribution < 1.29 is 9.53 Å². The van der Waals surface area contributed by atoms with Gasteiger partial charge in [-0.25, -0.2) is 4.79 Å². The number of carbonyl (C=O) groups excluding carboxylic acids is 1. The molecule has 0 aromatic rings. The van der Waals surface area contributed by atoms with Crippen molar-refractivity contribution in [1.29, 1.82) is 0 Å². The van der Waals surface area contributed by atoms with E-state index in [0.717, 1.165) is 24.7 Å². The summed E-state index contributed by atoms with van der Waals surface area (Å²) in [6, 6.07) is 1.14. The number of rotatable bonds is 3. The predicted molar refractivity (Wildman–Crippen MR) is 99.1 cm³/mol. The van der Waals surface area contributed by atoms with Crippen molar-refractivity contribution in [2.24, 2.45) is 11.8 Å². The second-order valence-corrected chi connectivity index (χ2v) is 9.17. The minimum atomic E-state index is -0.439. The van der Waals surface area contributed by atoms with Crippen LogP contribution in [0.4, 0.5) is 4.79 Å². The van der Waals surface area contributed by atoms with Gasteiger partial charge in [0, 0.05) is 18.1 Å². The topological polar surface area (TPSA) is 50.4 Å². The number of hydrogen-bond donors (Lipinski definition) is 2. The van der Waals surface area contributed by atoms with Crippen LogP contribution in [-0.4, -0.2) is 29.8 Å². The van der Waals surface area contributed by atoms with Gasteiger partial charge in [-0.2, -0.15) is 0 Å². The lowest BCUT2D eigenvalue weighted by atomic mass is 9.79. The number of alkyl carbamates (subject to hydrolysis) is 1. The molecule has 4 nitrogen and oxygen atoms in total. The molecule has 0 saturated heterocycles. The van der Waals surface area contributed by atoms with Gasteiger partial charge in [0.25, 0.3) is 0 Å². The Bertz CT molecular complexity index is 405. The zero-order valence-corrected chi connectivity index (χ0v) is 16.4. The summed E-state index contributed by atoms with van der Waals surface area (Å²) >= 11 is 0. The first-order valence-electron chi connectivity index (χ1n) is 10.00. The Labute approximate surface area is 148 Å². The van der Waals surface area contributed by atoms with E-state index >= 15 is 0 Å². The van der Waals surface area contributed by atoms with Crippen LogP contribution in [0.3, 0.4) is 0 Å². The monoisotopic (exact) mass is 338 g/mol. The summed E-state index contributed by atoms with van der Waals surface area (Å²) in [6.45, 7) is 10.5. The maximum atomic E-state index is 12.2. The smallest absolute Gasteiger partial charge is 0.407 e. The van der Waals surface area contributed by atoms with E-state index in [-0.39, 0.29) is 12.1 Å². The first-order chi connectivity index (χ1) is 11.2. The first kappa shape index (κ1) is 19.6.